The monoisotopic (exact) mass is 221 g/mol. The molecule has 1 rings (SSSR count). The van der Waals surface area contributed by atoms with Crippen molar-refractivity contribution in [3.8, 4) is 0 Å². The Morgan fingerprint density at radius 1 is 1.31 bits per heavy atom. The predicted octanol–water partition coefficient (Wildman–Crippen LogP) is 0.991. The normalized spacial score (nSPS) is 9.94. The number of esters is 2. The quantitative estimate of drug-likeness (QED) is 0.562. The molecule has 1 radical (unpaired) electrons. The first-order chi connectivity index (χ1) is 7.69. The molecule has 85 valence electrons. The van der Waals surface area contributed by atoms with Crippen LogP contribution in [0.5, 0.6) is 0 Å². The Labute approximate surface area is 94.2 Å². The van der Waals surface area contributed by atoms with E-state index in [1.807, 2.05) is 6.07 Å². The molecule has 0 spiro atoms. The molecule has 0 aromatic heterocycles. The van der Waals surface area contributed by atoms with E-state index in [9.17, 15) is 9.59 Å². The summed E-state index contributed by atoms with van der Waals surface area (Å²) in [5.74, 6) is -2.09. The van der Waals surface area contributed by atoms with Crippen molar-refractivity contribution in [2.45, 2.75) is 6.42 Å². The van der Waals surface area contributed by atoms with Crippen molar-refractivity contribution in [1.82, 2.24) is 0 Å². The zero-order chi connectivity index (χ0) is 12.0. The van der Waals surface area contributed by atoms with Crippen LogP contribution in [0.2, 0.25) is 0 Å². The fraction of sp³-hybridized carbons (Fsp3) is 0.333. The van der Waals surface area contributed by atoms with Crippen molar-refractivity contribution in [1.29, 1.82) is 0 Å². The van der Waals surface area contributed by atoms with Crippen molar-refractivity contribution in [2.24, 2.45) is 5.92 Å². The van der Waals surface area contributed by atoms with Gasteiger partial charge in [0, 0.05) is 0 Å². The number of hydrogen-bond acceptors (Lipinski definition) is 4. The maximum absolute atomic E-state index is 11.4. The van der Waals surface area contributed by atoms with Gasteiger partial charge in [-0.1, -0.05) is 24.3 Å². The Morgan fingerprint density at radius 2 is 1.94 bits per heavy atom. The minimum absolute atomic E-state index is 0.261. The average Bonchev–Trinajstić information content (AvgIpc) is 2.35. The zero-order valence-electron chi connectivity index (χ0n) is 9.23. The second-order valence-electron chi connectivity index (χ2n) is 3.21. The molecule has 0 fully saturated rings. The standard InChI is InChI=1S/C12H13O4/c1-15-11(13)10(12(14)16-2)8-9-6-4-3-5-7-9/h3-4,6-7,10H,8H2,1-2H3. The van der Waals surface area contributed by atoms with Crippen LogP contribution in [-0.2, 0) is 25.5 Å². The maximum atomic E-state index is 11.4. The van der Waals surface area contributed by atoms with Crippen LogP contribution in [0.25, 0.3) is 0 Å². The van der Waals surface area contributed by atoms with Gasteiger partial charge in [-0.25, -0.2) is 0 Å². The Hall–Kier alpha value is -1.84. The number of carbonyl (C=O) groups excluding carboxylic acids is 2. The van der Waals surface area contributed by atoms with Gasteiger partial charge in [0.2, 0.25) is 0 Å². The fourth-order valence-corrected chi connectivity index (χ4v) is 1.34. The van der Waals surface area contributed by atoms with Crippen molar-refractivity contribution in [3.05, 3.63) is 35.9 Å². The van der Waals surface area contributed by atoms with Gasteiger partial charge in [-0.2, -0.15) is 0 Å². The number of hydrogen-bond donors (Lipinski definition) is 0. The number of benzene rings is 1. The molecule has 0 bridgehead atoms. The first kappa shape index (κ1) is 12.2. The third-order valence-corrected chi connectivity index (χ3v) is 2.18. The lowest BCUT2D eigenvalue weighted by Gasteiger charge is -2.11. The zero-order valence-corrected chi connectivity index (χ0v) is 9.23. The molecule has 0 N–H and O–H groups in total. The van der Waals surface area contributed by atoms with Gasteiger partial charge in [-0.05, 0) is 18.1 Å². The van der Waals surface area contributed by atoms with E-state index in [4.69, 9.17) is 0 Å². The SMILES string of the molecule is COC(=O)C(Cc1c[c]ccc1)C(=O)OC. The van der Waals surface area contributed by atoms with E-state index < -0.39 is 17.9 Å². The molecule has 1 aromatic carbocycles. The van der Waals surface area contributed by atoms with Crippen molar-refractivity contribution in [3.63, 3.8) is 0 Å². The van der Waals surface area contributed by atoms with E-state index in [1.54, 1.807) is 18.2 Å². The topological polar surface area (TPSA) is 52.6 Å². The molecular weight excluding hydrogens is 208 g/mol. The van der Waals surface area contributed by atoms with Crippen LogP contribution < -0.4 is 0 Å². The minimum atomic E-state index is -0.911. The largest absolute Gasteiger partial charge is 0.468 e. The second kappa shape index (κ2) is 5.90. The van der Waals surface area contributed by atoms with E-state index in [1.165, 1.54) is 14.2 Å². The van der Waals surface area contributed by atoms with Crippen LogP contribution in [0.1, 0.15) is 5.56 Å². The van der Waals surface area contributed by atoms with Crippen molar-refractivity contribution < 1.29 is 19.1 Å². The molecule has 0 saturated heterocycles. The van der Waals surface area contributed by atoms with Gasteiger partial charge in [0.15, 0.2) is 5.92 Å². The van der Waals surface area contributed by atoms with Crippen LogP contribution in [0.3, 0.4) is 0 Å². The third-order valence-electron chi connectivity index (χ3n) is 2.18. The molecule has 0 atom stereocenters. The Bertz CT molecular complexity index is 343. The molecule has 0 aliphatic rings. The smallest absolute Gasteiger partial charge is 0.320 e. The first-order valence-corrected chi connectivity index (χ1v) is 4.79. The van der Waals surface area contributed by atoms with E-state index in [-0.39, 0.29) is 6.42 Å². The van der Waals surface area contributed by atoms with Crippen LogP contribution in [0.4, 0.5) is 0 Å². The van der Waals surface area contributed by atoms with Crippen LogP contribution in [0, 0.1) is 12.0 Å². The highest BCUT2D eigenvalue weighted by Gasteiger charge is 2.28. The summed E-state index contributed by atoms with van der Waals surface area (Å²) in [6.45, 7) is 0. The fourth-order valence-electron chi connectivity index (χ4n) is 1.34. The highest BCUT2D eigenvalue weighted by atomic mass is 16.5. The summed E-state index contributed by atoms with van der Waals surface area (Å²) in [6, 6.07) is 9.95. The summed E-state index contributed by atoms with van der Waals surface area (Å²) in [6.07, 6.45) is 0.261. The summed E-state index contributed by atoms with van der Waals surface area (Å²) in [4.78, 5) is 22.8. The van der Waals surface area contributed by atoms with Gasteiger partial charge < -0.3 is 9.47 Å². The Morgan fingerprint density at radius 3 is 2.38 bits per heavy atom. The lowest BCUT2D eigenvalue weighted by molar-refractivity contribution is -0.158. The molecule has 1 aromatic rings. The lowest BCUT2D eigenvalue weighted by Crippen LogP contribution is -2.28. The van der Waals surface area contributed by atoms with E-state index in [0.717, 1.165) is 5.56 Å². The number of rotatable bonds is 4. The van der Waals surface area contributed by atoms with Crippen molar-refractivity contribution >= 4 is 11.9 Å². The molecule has 0 aliphatic carbocycles. The van der Waals surface area contributed by atoms with Gasteiger partial charge >= 0.3 is 11.9 Å². The molecule has 0 unspecified atom stereocenters. The molecule has 16 heavy (non-hydrogen) atoms. The molecule has 0 heterocycles. The second-order valence-corrected chi connectivity index (χ2v) is 3.21. The number of methoxy groups -OCH3 is 2. The predicted molar refractivity (Wildman–Crippen MR) is 56.5 cm³/mol. The van der Waals surface area contributed by atoms with Crippen LogP contribution >= 0.6 is 0 Å². The number of carbonyl (C=O) groups is 2. The maximum Gasteiger partial charge on any atom is 0.320 e. The minimum Gasteiger partial charge on any atom is -0.468 e. The van der Waals surface area contributed by atoms with E-state index in [2.05, 4.69) is 15.5 Å². The Balaban J connectivity index is 2.79. The van der Waals surface area contributed by atoms with Gasteiger partial charge in [0.25, 0.3) is 0 Å². The molecule has 0 saturated carbocycles. The lowest BCUT2D eigenvalue weighted by atomic mass is 10.00. The summed E-state index contributed by atoms with van der Waals surface area (Å²) in [5.41, 5.74) is 0.836. The van der Waals surface area contributed by atoms with Crippen LogP contribution in [-0.4, -0.2) is 26.2 Å². The summed E-state index contributed by atoms with van der Waals surface area (Å²) >= 11 is 0. The molecule has 0 aliphatic heterocycles. The number of ether oxygens (including phenoxy) is 2. The first-order valence-electron chi connectivity index (χ1n) is 4.79. The summed E-state index contributed by atoms with van der Waals surface area (Å²) in [7, 11) is 2.49. The van der Waals surface area contributed by atoms with Crippen LogP contribution in [0.15, 0.2) is 24.3 Å². The van der Waals surface area contributed by atoms with Gasteiger partial charge in [0.1, 0.15) is 0 Å². The highest BCUT2D eigenvalue weighted by molar-refractivity contribution is 5.95. The molecule has 4 nitrogen and oxygen atoms in total. The van der Waals surface area contributed by atoms with Gasteiger partial charge in [-0.3, -0.25) is 9.59 Å². The average molecular weight is 221 g/mol. The molecule has 4 heteroatoms. The summed E-state index contributed by atoms with van der Waals surface area (Å²) in [5, 5.41) is 0. The highest BCUT2D eigenvalue weighted by Crippen LogP contribution is 2.11. The van der Waals surface area contributed by atoms with E-state index in [0.29, 0.717) is 0 Å². The van der Waals surface area contributed by atoms with E-state index >= 15 is 0 Å². The molecule has 0 amide bonds. The molecular formula is C12H13O4. The summed E-state index contributed by atoms with van der Waals surface area (Å²) < 4.78 is 9.12. The van der Waals surface area contributed by atoms with Crippen molar-refractivity contribution in [2.75, 3.05) is 14.2 Å². The van der Waals surface area contributed by atoms with Gasteiger partial charge in [0.05, 0.1) is 14.2 Å². The Kier molecular flexibility index (Phi) is 4.51. The van der Waals surface area contributed by atoms with Gasteiger partial charge in [-0.15, -0.1) is 0 Å². The third kappa shape index (κ3) is 3.08.